The predicted molar refractivity (Wildman–Crippen MR) is 82.1 cm³/mol. The zero-order valence-corrected chi connectivity index (χ0v) is 12.5. The predicted octanol–water partition coefficient (Wildman–Crippen LogP) is 4.42. The topological polar surface area (TPSA) is 16.1 Å². The number of nitrogens with zero attached hydrogens (tertiary/aromatic N) is 2. The fraction of sp³-hybridized carbons (Fsp3) is 0.267. The molecule has 0 spiro atoms. The molecule has 1 aromatic heterocycles. The molecular weight excluding hydrogens is 279 g/mol. The standard InChI is InChI=1S/C15H16Cl2N2/c1-11-7-13(8-16)9-18-15(11)19(2)10-12-3-5-14(17)6-4-12/h3-7,9H,8,10H2,1-2H3. The molecule has 2 rings (SSSR count). The first-order valence-corrected chi connectivity index (χ1v) is 6.98. The minimum Gasteiger partial charge on any atom is -0.355 e. The monoisotopic (exact) mass is 294 g/mol. The Kier molecular flexibility index (Phi) is 4.67. The van der Waals surface area contributed by atoms with Crippen molar-refractivity contribution in [1.82, 2.24) is 4.98 Å². The summed E-state index contributed by atoms with van der Waals surface area (Å²) in [5.41, 5.74) is 3.38. The molecular formula is C15H16Cl2N2. The van der Waals surface area contributed by atoms with Gasteiger partial charge in [-0.05, 0) is 41.8 Å². The number of aryl methyl sites for hydroxylation is 1. The molecule has 1 aromatic carbocycles. The molecule has 4 heteroatoms. The first kappa shape index (κ1) is 14.2. The fourth-order valence-corrected chi connectivity index (χ4v) is 2.31. The van der Waals surface area contributed by atoms with Gasteiger partial charge in [0.05, 0.1) is 0 Å². The Labute approximate surface area is 124 Å². The van der Waals surface area contributed by atoms with Crippen molar-refractivity contribution in [1.29, 1.82) is 0 Å². The lowest BCUT2D eigenvalue weighted by Gasteiger charge is -2.20. The number of rotatable bonds is 4. The summed E-state index contributed by atoms with van der Waals surface area (Å²) in [6.07, 6.45) is 1.83. The van der Waals surface area contributed by atoms with E-state index in [-0.39, 0.29) is 0 Å². The maximum atomic E-state index is 5.89. The molecule has 0 saturated heterocycles. The van der Waals surface area contributed by atoms with Crippen molar-refractivity contribution in [3.8, 4) is 0 Å². The second kappa shape index (κ2) is 6.27. The number of halogens is 2. The van der Waals surface area contributed by atoms with Crippen LogP contribution in [0.25, 0.3) is 0 Å². The lowest BCUT2D eigenvalue weighted by Crippen LogP contribution is -2.18. The Morgan fingerprint density at radius 2 is 1.84 bits per heavy atom. The van der Waals surface area contributed by atoms with Crippen LogP contribution in [0.1, 0.15) is 16.7 Å². The summed E-state index contributed by atoms with van der Waals surface area (Å²) in [5.74, 6) is 1.47. The van der Waals surface area contributed by atoms with Crippen molar-refractivity contribution in [3.63, 3.8) is 0 Å². The minimum absolute atomic E-state index is 0.495. The highest BCUT2D eigenvalue weighted by molar-refractivity contribution is 6.30. The van der Waals surface area contributed by atoms with Crippen LogP contribution in [0.4, 0.5) is 5.82 Å². The molecule has 0 N–H and O–H groups in total. The molecule has 0 bridgehead atoms. The Bertz CT molecular complexity index is 553. The quantitative estimate of drug-likeness (QED) is 0.776. The van der Waals surface area contributed by atoms with Crippen molar-refractivity contribution in [2.24, 2.45) is 0 Å². The molecule has 0 aliphatic carbocycles. The van der Waals surface area contributed by atoms with E-state index in [0.717, 1.165) is 28.5 Å². The Balaban J connectivity index is 2.15. The molecule has 0 aliphatic heterocycles. The summed E-state index contributed by atoms with van der Waals surface area (Å²) in [7, 11) is 2.03. The number of hydrogen-bond acceptors (Lipinski definition) is 2. The molecule has 19 heavy (non-hydrogen) atoms. The summed E-state index contributed by atoms with van der Waals surface area (Å²) in [4.78, 5) is 6.60. The van der Waals surface area contributed by atoms with Gasteiger partial charge in [-0.1, -0.05) is 23.7 Å². The molecule has 0 radical (unpaired) electrons. The molecule has 0 unspecified atom stereocenters. The summed E-state index contributed by atoms with van der Waals surface area (Å²) in [5, 5.41) is 0.757. The number of pyridine rings is 1. The fourth-order valence-electron chi connectivity index (χ4n) is 2.04. The first-order valence-electron chi connectivity index (χ1n) is 6.07. The first-order chi connectivity index (χ1) is 9.10. The van der Waals surface area contributed by atoms with Crippen LogP contribution >= 0.6 is 23.2 Å². The molecule has 1 heterocycles. The highest BCUT2D eigenvalue weighted by Crippen LogP contribution is 2.20. The van der Waals surface area contributed by atoms with Crippen molar-refractivity contribution >= 4 is 29.0 Å². The van der Waals surface area contributed by atoms with Crippen LogP contribution in [0, 0.1) is 6.92 Å². The molecule has 0 amide bonds. The third-order valence-corrected chi connectivity index (χ3v) is 3.52. The zero-order chi connectivity index (χ0) is 13.8. The zero-order valence-electron chi connectivity index (χ0n) is 11.0. The second-order valence-corrected chi connectivity index (χ2v) is 5.30. The van der Waals surface area contributed by atoms with E-state index in [2.05, 4.69) is 22.9 Å². The number of alkyl halides is 1. The smallest absolute Gasteiger partial charge is 0.131 e. The van der Waals surface area contributed by atoms with Gasteiger partial charge in [0.15, 0.2) is 0 Å². The van der Waals surface area contributed by atoms with E-state index in [1.807, 2.05) is 37.5 Å². The maximum absolute atomic E-state index is 5.89. The van der Waals surface area contributed by atoms with Gasteiger partial charge in [0.25, 0.3) is 0 Å². The van der Waals surface area contributed by atoms with E-state index in [4.69, 9.17) is 23.2 Å². The lowest BCUT2D eigenvalue weighted by atomic mass is 10.2. The summed E-state index contributed by atoms with van der Waals surface area (Å²) >= 11 is 11.7. The number of anilines is 1. The molecule has 2 nitrogen and oxygen atoms in total. The van der Waals surface area contributed by atoms with E-state index in [0.29, 0.717) is 5.88 Å². The van der Waals surface area contributed by atoms with Crippen molar-refractivity contribution < 1.29 is 0 Å². The molecule has 0 aliphatic rings. The highest BCUT2D eigenvalue weighted by Gasteiger charge is 2.07. The van der Waals surface area contributed by atoms with Crippen LogP contribution in [-0.2, 0) is 12.4 Å². The highest BCUT2D eigenvalue weighted by atomic mass is 35.5. The van der Waals surface area contributed by atoms with Crippen LogP contribution in [-0.4, -0.2) is 12.0 Å². The number of benzene rings is 1. The Hall–Kier alpha value is -1.25. The van der Waals surface area contributed by atoms with Crippen molar-refractivity contribution in [3.05, 3.63) is 58.2 Å². The number of aromatic nitrogens is 1. The number of hydrogen-bond donors (Lipinski definition) is 0. The normalized spacial score (nSPS) is 10.5. The summed E-state index contributed by atoms with van der Waals surface area (Å²) in [6.45, 7) is 2.85. The molecule has 0 atom stereocenters. The molecule has 0 saturated carbocycles. The lowest BCUT2D eigenvalue weighted by molar-refractivity contribution is 0.888. The average molecular weight is 295 g/mol. The van der Waals surface area contributed by atoms with Gasteiger partial charge in [-0.3, -0.25) is 0 Å². The van der Waals surface area contributed by atoms with Crippen LogP contribution in [0.2, 0.25) is 5.02 Å². The van der Waals surface area contributed by atoms with Gasteiger partial charge >= 0.3 is 0 Å². The van der Waals surface area contributed by atoms with Gasteiger partial charge in [0.2, 0.25) is 0 Å². The molecule has 0 fully saturated rings. The van der Waals surface area contributed by atoms with E-state index in [9.17, 15) is 0 Å². The van der Waals surface area contributed by atoms with Crippen LogP contribution in [0.5, 0.6) is 0 Å². The average Bonchev–Trinajstić information content (AvgIpc) is 2.41. The molecule has 2 aromatic rings. The van der Waals surface area contributed by atoms with Crippen molar-refractivity contribution in [2.45, 2.75) is 19.3 Å². The summed E-state index contributed by atoms with van der Waals surface area (Å²) < 4.78 is 0. The molecule has 100 valence electrons. The Morgan fingerprint density at radius 1 is 1.16 bits per heavy atom. The van der Waals surface area contributed by atoms with Gasteiger partial charge in [-0.25, -0.2) is 4.98 Å². The van der Waals surface area contributed by atoms with Gasteiger partial charge in [-0.2, -0.15) is 0 Å². The van der Waals surface area contributed by atoms with E-state index in [1.54, 1.807) is 0 Å². The second-order valence-electron chi connectivity index (χ2n) is 4.60. The van der Waals surface area contributed by atoms with Crippen LogP contribution < -0.4 is 4.90 Å². The van der Waals surface area contributed by atoms with Crippen LogP contribution in [0.3, 0.4) is 0 Å². The van der Waals surface area contributed by atoms with E-state index >= 15 is 0 Å². The van der Waals surface area contributed by atoms with Gasteiger partial charge < -0.3 is 4.90 Å². The Morgan fingerprint density at radius 3 is 2.42 bits per heavy atom. The third kappa shape index (κ3) is 3.62. The van der Waals surface area contributed by atoms with E-state index in [1.165, 1.54) is 5.56 Å². The van der Waals surface area contributed by atoms with Gasteiger partial charge in [0.1, 0.15) is 5.82 Å². The van der Waals surface area contributed by atoms with Gasteiger partial charge in [0, 0.05) is 30.7 Å². The SMILES string of the molecule is Cc1cc(CCl)cnc1N(C)Cc1ccc(Cl)cc1. The van der Waals surface area contributed by atoms with Crippen molar-refractivity contribution in [2.75, 3.05) is 11.9 Å². The summed E-state index contributed by atoms with van der Waals surface area (Å²) in [6, 6.07) is 9.94. The largest absolute Gasteiger partial charge is 0.355 e. The maximum Gasteiger partial charge on any atom is 0.131 e. The third-order valence-electron chi connectivity index (χ3n) is 2.96. The van der Waals surface area contributed by atoms with E-state index < -0.39 is 0 Å². The minimum atomic E-state index is 0.495. The van der Waals surface area contributed by atoms with Gasteiger partial charge in [-0.15, -0.1) is 11.6 Å². The van der Waals surface area contributed by atoms with Crippen LogP contribution in [0.15, 0.2) is 36.5 Å².